The van der Waals surface area contributed by atoms with Gasteiger partial charge in [-0.1, -0.05) is 78.8 Å². The van der Waals surface area contributed by atoms with Crippen molar-refractivity contribution >= 4 is 20.1 Å². The van der Waals surface area contributed by atoms with Crippen LogP contribution in [-0.4, -0.2) is 49.6 Å². The highest BCUT2D eigenvalue weighted by molar-refractivity contribution is 6.73. The predicted molar refractivity (Wildman–Crippen MR) is 152 cm³/mol. The second-order valence-electron chi connectivity index (χ2n) is 12.0. The molecule has 1 N–H and O–H groups in total. The minimum Gasteiger partial charge on any atom is -0.460 e. The summed E-state index contributed by atoms with van der Waals surface area (Å²) < 4.78 is 18.2. The number of carbonyl (C=O) groups is 2. The number of carbonyl (C=O) groups excluding carboxylic acids is 2. The third kappa shape index (κ3) is 10.3. The van der Waals surface area contributed by atoms with Crippen molar-refractivity contribution < 1.29 is 28.6 Å². The minimum atomic E-state index is -2.14. The average molecular weight is 537 g/mol. The van der Waals surface area contributed by atoms with Crippen LogP contribution in [0.1, 0.15) is 81.2 Å². The first-order chi connectivity index (χ1) is 17.1. The molecule has 1 aromatic rings. The number of aliphatic hydroxyl groups excluding tert-OH is 1. The Morgan fingerprint density at radius 1 is 0.946 bits per heavy atom. The number of Topliss-reactive ketones (excluding diaryl/α,β-unsaturated/α-hetero) is 1. The maximum Gasteiger partial charge on any atom is 0.308 e. The number of hydrogen-bond acceptors (Lipinski definition) is 6. The van der Waals surface area contributed by atoms with E-state index in [9.17, 15) is 14.7 Å². The van der Waals surface area contributed by atoms with E-state index in [0.717, 1.165) is 23.7 Å². The van der Waals surface area contributed by atoms with Gasteiger partial charge in [0.05, 0.1) is 31.8 Å². The average Bonchev–Trinajstić information content (AvgIpc) is 2.84. The van der Waals surface area contributed by atoms with Gasteiger partial charge in [-0.15, -0.1) is 0 Å². The van der Waals surface area contributed by atoms with Crippen LogP contribution in [0.25, 0.3) is 0 Å². The van der Waals surface area contributed by atoms with E-state index >= 15 is 0 Å². The molecule has 7 heteroatoms. The van der Waals surface area contributed by atoms with Crippen molar-refractivity contribution in [3.8, 4) is 0 Å². The Kier molecular flexibility index (Phi) is 13.2. The molecule has 0 bridgehead atoms. The summed E-state index contributed by atoms with van der Waals surface area (Å²) in [5.41, 5.74) is -0.546. The zero-order valence-corrected chi connectivity index (χ0v) is 25.9. The first kappa shape index (κ1) is 33.5. The molecule has 0 heterocycles. The van der Waals surface area contributed by atoms with E-state index in [4.69, 9.17) is 13.9 Å². The molecule has 0 saturated carbocycles. The summed E-state index contributed by atoms with van der Waals surface area (Å²) >= 11 is 0. The van der Waals surface area contributed by atoms with Gasteiger partial charge in [-0.3, -0.25) is 9.59 Å². The predicted octanol–water partition coefficient (Wildman–Crippen LogP) is 6.55. The SMILES string of the molecule is CC[Si](CC)(CC)O[C@@H](CC(=O)OC(C)(C)C)C(C)(C)C(=O)[C@H](C)[C@@H](O)[C@@H](C)COCc1ccccc1. The van der Waals surface area contributed by atoms with E-state index in [-0.39, 0.29) is 24.1 Å². The van der Waals surface area contributed by atoms with Gasteiger partial charge in [0.25, 0.3) is 0 Å². The van der Waals surface area contributed by atoms with E-state index in [1.807, 2.05) is 71.9 Å². The van der Waals surface area contributed by atoms with Crippen LogP contribution in [0, 0.1) is 17.3 Å². The van der Waals surface area contributed by atoms with Gasteiger partial charge in [-0.25, -0.2) is 0 Å². The van der Waals surface area contributed by atoms with Crippen molar-refractivity contribution in [3.63, 3.8) is 0 Å². The number of ketones is 1. The van der Waals surface area contributed by atoms with Crippen LogP contribution in [0.4, 0.5) is 0 Å². The number of esters is 1. The molecule has 0 aliphatic heterocycles. The van der Waals surface area contributed by atoms with Crippen LogP contribution in [0.15, 0.2) is 30.3 Å². The molecule has 1 rings (SSSR count). The summed E-state index contributed by atoms with van der Waals surface area (Å²) in [5, 5.41) is 11.1. The fraction of sp³-hybridized carbons (Fsp3) is 0.733. The molecule has 0 amide bonds. The molecule has 0 saturated heterocycles. The van der Waals surface area contributed by atoms with Gasteiger partial charge >= 0.3 is 5.97 Å². The monoisotopic (exact) mass is 536 g/mol. The molecule has 0 aliphatic rings. The minimum absolute atomic E-state index is 0.00329. The van der Waals surface area contributed by atoms with Gasteiger partial charge in [0.2, 0.25) is 0 Å². The van der Waals surface area contributed by atoms with E-state index in [1.54, 1.807) is 6.92 Å². The molecule has 1 aromatic carbocycles. The van der Waals surface area contributed by atoms with Crippen molar-refractivity contribution in [2.45, 2.75) is 118 Å². The summed E-state index contributed by atoms with van der Waals surface area (Å²) in [5.74, 6) is -1.37. The third-order valence-electron chi connectivity index (χ3n) is 7.54. The highest BCUT2D eigenvalue weighted by atomic mass is 28.4. The van der Waals surface area contributed by atoms with Gasteiger partial charge in [0.15, 0.2) is 8.32 Å². The Labute approximate surface area is 226 Å². The fourth-order valence-corrected chi connectivity index (χ4v) is 7.69. The lowest BCUT2D eigenvalue weighted by atomic mass is 9.73. The zero-order chi connectivity index (χ0) is 28.4. The van der Waals surface area contributed by atoms with Gasteiger partial charge in [0, 0.05) is 17.3 Å². The standard InChI is InChI=1S/C30H52O6Si/c1-11-37(12-2,13-3)36-25(19-26(31)35-29(6,7)8)30(9,10)28(33)23(5)27(32)22(4)20-34-21-24-17-15-14-16-18-24/h14-18,22-23,25,27,32H,11-13,19-21H2,1-10H3/t22-,23+,25-,27-/m0/s1. The largest absolute Gasteiger partial charge is 0.460 e. The molecule has 6 nitrogen and oxygen atoms in total. The lowest BCUT2D eigenvalue weighted by Gasteiger charge is -2.42. The number of hydrogen-bond donors (Lipinski definition) is 1. The molecular weight excluding hydrogens is 484 g/mol. The maximum atomic E-state index is 13.8. The first-order valence-electron chi connectivity index (χ1n) is 13.9. The fourth-order valence-electron chi connectivity index (χ4n) is 4.71. The van der Waals surface area contributed by atoms with Crippen LogP contribution < -0.4 is 0 Å². The van der Waals surface area contributed by atoms with Crippen LogP contribution in [0.3, 0.4) is 0 Å². The third-order valence-corrected chi connectivity index (χ3v) is 12.2. The van der Waals surface area contributed by atoms with Crippen molar-refractivity contribution in [1.82, 2.24) is 0 Å². The second kappa shape index (κ2) is 14.6. The van der Waals surface area contributed by atoms with Gasteiger partial charge in [-0.05, 0) is 44.5 Å². The molecule has 0 radical (unpaired) electrons. The summed E-state index contributed by atoms with van der Waals surface area (Å²) in [4.78, 5) is 26.7. The zero-order valence-electron chi connectivity index (χ0n) is 24.9. The summed E-state index contributed by atoms with van der Waals surface area (Å²) in [6.07, 6.45) is -1.50. The van der Waals surface area contributed by atoms with Gasteiger partial charge in [0.1, 0.15) is 11.4 Å². The van der Waals surface area contributed by atoms with Crippen molar-refractivity contribution in [2.24, 2.45) is 17.3 Å². The lowest BCUT2D eigenvalue weighted by Crippen LogP contribution is -2.51. The van der Waals surface area contributed by atoms with Crippen LogP contribution in [-0.2, 0) is 30.1 Å². The summed E-state index contributed by atoms with van der Waals surface area (Å²) in [7, 11) is -2.14. The number of aliphatic hydroxyl groups is 1. The van der Waals surface area contributed by atoms with Crippen LogP contribution in [0.2, 0.25) is 18.1 Å². The molecular formula is C30H52O6Si. The number of rotatable bonds is 16. The molecule has 212 valence electrons. The van der Waals surface area contributed by atoms with Crippen LogP contribution >= 0.6 is 0 Å². The first-order valence-corrected chi connectivity index (χ1v) is 16.4. The Balaban J connectivity index is 3.03. The molecule has 4 atom stereocenters. The van der Waals surface area contributed by atoms with Crippen molar-refractivity contribution in [1.29, 1.82) is 0 Å². The Morgan fingerprint density at radius 3 is 1.97 bits per heavy atom. The molecule has 0 unspecified atom stereocenters. The Bertz CT molecular complexity index is 820. The normalized spacial score (nSPS) is 16.1. The van der Waals surface area contributed by atoms with Crippen molar-refractivity contribution in [2.75, 3.05) is 6.61 Å². The topological polar surface area (TPSA) is 82.1 Å². The highest BCUT2D eigenvalue weighted by Gasteiger charge is 2.46. The maximum absolute atomic E-state index is 13.8. The molecule has 0 aliphatic carbocycles. The molecule has 0 aromatic heterocycles. The van der Waals surface area contributed by atoms with Gasteiger partial charge in [-0.2, -0.15) is 0 Å². The number of ether oxygens (including phenoxy) is 2. The lowest BCUT2D eigenvalue weighted by molar-refractivity contribution is -0.159. The van der Waals surface area contributed by atoms with E-state index < -0.39 is 37.5 Å². The van der Waals surface area contributed by atoms with Gasteiger partial charge < -0.3 is 19.0 Å². The molecule has 0 fully saturated rings. The highest BCUT2D eigenvalue weighted by Crippen LogP contribution is 2.37. The van der Waals surface area contributed by atoms with Crippen LogP contribution in [0.5, 0.6) is 0 Å². The van der Waals surface area contributed by atoms with E-state index in [0.29, 0.717) is 13.2 Å². The van der Waals surface area contributed by atoms with E-state index in [2.05, 4.69) is 20.8 Å². The quantitative estimate of drug-likeness (QED) is 0.190. The molecule has 0 spiro atoms. The smallest absolute Gasteiger partial charge is 0.308 e. The summed E-state index contributed by atoms with van der Waals surface area (Å²) in [6.45, 7) is 20.0. The van der Waals surface area contributed by atoms with E-state index in [1.165, 1.54) is 0 Å². The number of benzene rings is 1. The Morgan fingerprint density at radius 2 is 1.49 bits per heavy atom. The second-order valence-corrected chi connectivity index (χ2v) is 16.7. The Hall–Kier alpha value is -1.54. The molecule has 37 heavy (non-hydrogen) atoms. The summed E-state index contributed by atoms with van der Waals surface area (Å²) in [6, 6.07) is 12.6. The van der Waals surface area contributed by atoms with Crippen molar-refractivity contribution in [3.05, 3.63) is 35.9 Å².